The van der Waals surface area contributed by atoms with Crippen molar-refractivity contribution in [2.24, 2.45) is 0 Å². The Bertz CT molecular complexity index is 264. The average Bonchev–Trinajstić information content (AvgIpc) is 2.38. The maximum atomic E-state index is 8.82. The minimum atomic E-state index is 0.267. The third-order valence-corrected chi connectivity index (χ3v) is 3.02. The minimum absolute atomic E-state index is 0.267. The van der Waals surface area contributed by atoms with Crippen LogP contribution in [0.25, 0.3) is 0 Å². The summed E-state index contributed by atoms with van der Waals surface area (Å²) in [5.41, 5.74) is 1.36. The predicted octanol–water partition coefficient (Wildman–Crippen LogP) is 3.28. The van der Waals surface area contributed by atoms with Crippen molar-refractivity contribution in [3.8, 4) is 0 Å². The van der Waals surface area contributed by atoms with Gasteiger partial charge >= 0.3 is 0 Å². The first kappa shape index (κ1) is 14.2. The number of aliphatic hydroxyl groups is 1. The zero-order valence-corrected chi connectivity index (χ0v) is 10.9. The largest absolute Gasteiger partial charge is 0.396 e. The van der Waals surface area contributed by atoms with Gasteiger partial charge in [0.25, 0.3) is 0 Å². The third kappa shape index (κ3) is 5.85. The van der Waals surface area contributed by atoms with Crippen LogP contribution in [0, 0.1) is 0 Å². The molecule has 0 spiro atoms. The lowest BCUT2D eigenvalue weighted by molar-refractivity contribution is 0.282. The molecule has 0 amide bonds. The molecular weight excluding hydrogens is 210 g/mol. The first-order chi connectivity index (χ1) is 8.38. The summed E-state index contributed by atoms with van der Waals surface area (Å²) in [4.78, 5) is 0. The highest BCUT2D eigenvalue weighted by molar-refractivity contribution is 5.18. The smallest absolute Gasteiger partial charge is 0.0443 e. The summed E-state index contributed by atoms with van der Waals surface area (Å²) in [5.74, 6) is 0. The van der Waals surface area contributed by atoms with Gasteiger partial charge < -0.3 is 10.4 Å². The van der Waals surface area contributed by atoms with Crippen molar-refractivity contribution in [2.45, 2.75) is 45.1 Å². The van der Waals surface area contributed by atoms with Gasteiger partial charge in [-0.15, -0.1) is 0 Å². The molecule has 2 N–H and O–H groups in total. The fourth-order valence-corrected chi connectivity index (χ4v) is 2.03. The molecule has 0 aliphatic carbocycles. The molecule has 96 valence electrons. The highest BCUT2D eigenvalue weighted by atomic mass is 16.3. The van der Waals surface area contributed by atoms with E-state index in [0.717, 1.165) is 13.0 Å². The summed E-state index contributed by atoms with van der Waals surface area (Å²) in [6.07, 6.45) is 5.84. The number of rotatable bonds is 9. The molecule has 1 aromatic carbocycles. The van der Waals surface area contributed by atoms with E-state index in [0.29, 0.717) is 6.04 Å². The van der Waals surface area contributed by atoms with Crippen molar-refractivity contribution in [2.75, 3.05) is 13.2 Å². The molecule has 0 aromatic heterocycles. The molecule has 0 aliphatic heterocycles. The van der Waals surface area contributed by atoms with Crippen LogP contribution in [-0.2, 0) is 0 Å². The van der Waals surface area contributed by atoms with Gasteiger partial charge in [-0.2, -0.15) is 0 Å². The minimum Gasteiger partial charge on any atom is -0.396 e. The van der Waals surface area contributed by atoms with Crippen molar-refractivity contribution >= 4 is 0 Å². The summed E-state index contributed by atoms with van der Waals surface area (Å²) >= 11 is 0. The van der Waals surface area contributed by atoms with Crippen LogP contribution in [0.15, 0.2) is 30.3 Å². The highest BCUT2D eigenvalue weighted by Gasteiger charge is 2.09. The van der Waals surface area contributed by atoms with E-state index in [1.54, 1.807) is 0 Å². The Morgan fingerprint density at radius 3 is 2.53 bits per heavy atom. The molecule has 2 heteroatoms. The molecule has 1 atom stereocenters. The van der Waals surface area contributed by atoms with Gasteiger partial charge in [-0.05, 0) is 24.9 Å². The van der Waals surface area contributed by atoms with E-state index in [1.165, 1.54) is 31.2 Å². The molecular formula is C15H25NO. The number of benzene rings is 1. The summed E-state index contributed by atoms with van der Waals surface area (Å²) < 4.78 is 0. The Hall–Kier alpha value is -0.860. The second kappa shape index (κ2) is 9.20. The lowest BCUT2D eigenvalue weighted by Gasteiger charge is -2.19. The van der Waals surface area contributed by atoms with E-state index in [9.17, 15) is 0 Å². The van der Waals surface area contributed by atoms with Crippen molar-refractivity contribution in [3.63, 3.8) is 0 Å². The maximum Gasteiger partial charge on any atom is 0.0443 e. The normalized spacial score (nSPS) is 12.6. The van der Waals surface area contributed by atoms with Gasteiger partial charge in [0.15, 0.2) is 0 Å². The number of hydrogen-bond donors (Lipinski definition) is 2. The molecule has 0 saturated carbocycles. The van der Waals surface area contributed by atoms with Crippen molar-refractivity contribution in [1.29, 1.82) is 0 Å². The summed E-state index contributed by atoms with van der Waals surface area (Å²) in [7, 11) is 0. The van der Waals surface area contributed by atoms with Gasteiger partial charge in [0, 0.05) is 12.6 Å². The first-order valence-corrected chi connectivity index (χ1v) is 6.77. The second-order valence-electron chi connectivity index (χ2n) is 4.49. The van der Waals surface area contributed by atoms with Crippen LogP contribution in [0.1, 0.15) is 50.6 Å². The van der Waals surface area contributed by atoms with E-state index in [-0.39, 0.29) is 6.61 Å². The first-order valence-electron chi connectivity index (χ1n) is 6.77. The maximum absolute atomic E-state index is 8.82. The molecule has 0 bridgehead atoms. The number of hydrogen-bond acceptors (Lipinski definition) is 2. The Kier molecular flexibility index (Phi) is 7.69. The van der Waals surface area contributed by atoms with Crippen LogP contribution in [0.4, 0.5) is 0 Å². The van der Waals surface area contributed by atoms with Gasteiger partial charge in [-0.1, -0.05) is 56.5 Å². The fraction of sp³-hybridized carbons (Fsp3) is 0.600. The van der Waals surface area contributed by atoms with Gasteiger partial charge in [-0.25, -0.2) is 0 Å². The van der Waals surface area contributed by atoms with Crippen LogP contribution in [0.3, 0.4) is 0 Å². The molecule has 0 saturated heterocycles. The van der Waals surface area contributed by atoms with Gasteiger partial charge in [-0.3, -0.25) is 0 Å². The second-order valence-corrected chi connectivity index (χ2v) is 4.49. The van der Waals surface area contributed by atoms with Crippen LogP contribution in [-0.4, -0.2) is 18.3 Å². The molecule has 0 fully saturated rings. The molecule has 1 aromatic rings. The Labute approximate surface area is 105 Å². The van der Waals surface area contributed by atoms with E-state index >= 15 is 0 Å². The average molecular weight is 235 g/mol. The standard InChI is InChI=1S/C15H25NO/c1-2-3-5-11-15(16-12-8-13-17)14-9-6-4-7-10-14/h4,6-7,9-10,15-17H,2-3,5,8,11-13H2,1H3. The quantitative estimate of drug-likeness (QED) is 0.644. The van der Waals surface area contributed by atoms with Crippen molar-refractivity contribution in [3.05, 3.63) is 35.9 Å². The molecule has 17 heavy (non-hydrogen) atoms. The molecule has 0 radical (unpaired) electrons. The van der Waals surface area contributed by atoms with Crippen molar-refractivity contribution < 1.29 is 5.11 Å². The zero-order valence-electron chi connectivity index (χ0n) is 10.9. The predicted molar refractivity (Wildman–Crippen MR) is 73.0 cm³/mol. The number of aliphatic hydroxyl groups excluding tert-OH is 1. The molecule has 0 aliphatic rings. The highest BCUT2D eigenvalue weighted by Crippen LogP contribution is 2.19. The number of unbranched alkanes of at least 4 members (excludes halogenated alkanes) is 2. The monoisotopic (exact) mass is 235 g/mol. The lowest BCUT2D eigenvalue weighted by Crippen LogP contribution is -2.23. The Morgan fingerprint density at radius 1 is 1.12 bits per heavy atom. The molecule has 2 nitrogen and oxygen atoms in total. The van der Waals surface area contributed by atoms with Gasteiger partial charge in [0.2, 0.25) is 0 Å². The summed E-state index contributed by atoms with van der Waals surface area (Å²) in [6.45, 7) is 3.39. The van der Waals surface area contributed by atoms with E-state index in [1.807, 2.05) is 0 Å². The topological polar surface area (TPSA) is 32.3 Å². The van der Waals surface area contributed by atoms with Crippen LogP contribution in [0.5, 0.6) is 0 Å². The van der Waals surface area contributed by atoms with Crippen molar-refractivity contribution in [1.82, 2.24) is 5.32 Å². The number of nitrogens with one attached hydrogen (secondary N) is 1. The van der Waals surface area contributed by atoms with E-state index in [4.69, 9.17) is 5.11 Å². The third-order valence-electron chi connectivity index (χ3n) is 3.02. The van der Waals surface area contributed by atoms with E-state index in [2.05, 4.69) is 42.6 Å². The van der Waals surface area contributed by atoms with E-state index < -0.39 is 0 Å². The Balaban J connectivity index is 2.46. The zero-order chi connectivity index (χ0) is 12.3. The lowest BCUT2D eigenvalue weighted by atomic mass is 10.0. The van der Waals surface area contributed by atoms with Crippen LogP contribution in [0.2, 0.25) is 0 Å². The van der Waals surface area contributed by atoms with Gasteiger partial charge in [0.1, 0.15) is 0 Å². The molecule has 0 heterocycles. The summed E-state index contributed by atoms with van der Waals surface area (Å²) in [6, 6.07) is 11.0. The SMILES string of the molecule is CCCCCC(NCCCO)c1ccccc1. The molecule has 1 unspecified atom stereocenters. The van der Waals surface area contributed by atoms with Crippen LogP contribution < -0.4 is 5.32 Å². The van der Waals surface area contributed by atoms with Gasteiger partial charge in [0.05, 0.1) is 0 Å². The van der Waals surface area contributed by atoms with Crippen LogP contribution >= 0.6 is 0 Å². The Morgan fingerprint density at radius 2 is 1.88 bits per heavy atom. The summed E-state index contributed by atoms with van der Waals surface area (Å²) in [5, 5.41) is 12.4. The fourth-order valence-electron chi connectivity index (χ4n) is 2.03. The molecule has 1 rings (SSSR count).